The van der Waals surface area contributed by atoms with Crippen molar-refractivity contribution in [1.82, 2.24) is 0 Å². The monoisotopic (exact) mass is 248 g/mol. The van der Waals surface area contributed by atoms with E-state index in [1.165, 1.54) is 13.5 Å². The molecule has 1 saturated carbocycles. The number of methoxy groups -OCH3 is 1. The summed E-state index contributed by atoms with van der Waals surface area (Å²) >= 11 is 0. The summed E-state index contributed by atoms with van der Waals surface area (Å²) in [4.78, 5) is 13.7. The molecular formula is C14H20N2O2. The Morgan fingerprint density at radius 3 is 2.78 bits per heavy atom. The summed E-state index contributed by atoms with van der Waals surface area (Å²) in [5, 5.41) is 0. The molecule has 1 aliphatic rings. The van der Waals surface area contributed by atoms with E-state index in [0.29, 0.717) is 11.3 Å². The summed E-state index contributed by atoms with van der Waals surface area (Å²) in [5.41, 5.74) is 7.88. The average molecular weight is 248 g/mol. The molecule has 98 valence electrons. The number of anilines is 2. The lowest BCUT2D eigenvalue weighted by Gasteiger charge is -2.22. The van der Waals surface area contributed by atoms with Crippen molar-refractivity contribution in [2.75, 3.05) is 31.3 Å². The van der Waals surface area contributed by atoms with Gasteiger partial charge in [0.2, 0.25) is 0 Å². The van der Waals surface area contributed by atoms with E-state index < -0.39 is 0 Å². The number of rotatable bonds is 4. The number of esters is 1. The first-order chi connectivity index (χ1) is 8.54. The van der Waals surface area contributed by atoms with Crippen LogP contribution in [0.5, 0.6) is 0 Å². The second kappa shape index (κ2) is 4.88. The van der Waals surface area contributed by atoms with Crippen molar-refractivity contribution in [1.29, 1.82) is 0 Å². The Morgan fingerprint density at radius 2 is 2.22 bits per heavy atom. The summed E-state index contributed by atoms with van der Waals surface area (Å²) in [5.74, 6) is 1.16. The molecule has 0 aliphatic heterocycles. The molecule has 0 bridgehead atoms. The van der Waals surface area contributed by atoms with E-state index in [0.717, 1.165) is 24.1 Å². The minimum atomic E-state index is -0.387. The number of carbonyl (C=O) groups excluding carboxylic acids is 1. The summed E-state index contributed by atoms with van der Waals surface area (Å²) in [7, 11) is 3.38. The Labute approximate surface area is 108 Å². The van der Waals surface area contributed by atoms with Crippen molar-refractivity contribution >= 4 is 17.3 Å². The third kappa shape index (κ3) is 2.42. The molecule has 18 heavy (non-hydrogen) atoms. The second-order valence-electron chi connectivity index (χ2n) is 5.08. The number of nitrogens with two attached hydrogens (primary N) is 1. The highest BCUT2D eigenvalue weighted by Gasteiger charge is 2.33. The molecule has 1 aromatic rings. The van der Waals surface area contributed by atoms with Crippen molar-refractivity contribution in [3.8, 4) is 0 Å². The van der Waals surface area contributed by atoms with Crippen LogP contribution in [0.2, 0.25) is 0 Å². The Kier molecular flexibility index (Phi) is 3.45. The molecule has 4 heteroatoms. The Bertz CT molecular complexity index is 459. The van der Waals surface area contributed by atoms with Gasteiger partial charge in [0.05, 0.1) is 24.0 Å². The fourth-order valence-corrected chi connectivity index (χ4v) is 2.28. The van der Waals surface area contributed by atoms with Gasteiger partial charge in [0.15, 0.2) is 0 Å². The number of para-hydroxylation sites is 1. The standard InChI is InChI=1S/C14H20N2O2/c1-9-7-10(9)8-16(2)12-6-4-5-11(13(12)15)14(17)18-3/h4-6,9-10H,7-8,15H2,1-3H3. The van der Waals surface area contributed by atoms with Crippen LogP contribution in [0.25, 0.3) is 0 Å². The largest absolute Gasteiger partial charge is 0.465 e. The molecule has 2 rings (SSSR count). The summed E-state index contributed by atoms with van der Waals surface area (Å²) < 4.78 is 4.72. The number of hydrogen-bond donors (Lipinski definition) is 1. The summed E-state index contributed by atoms with van der Waals surface area (Å²) in [6.07, 6.45) is 1.28. The first kappa shape index (κ1) is 12.7. The van der Waals surface area contributed by atoms with E-state index in [1.54, 1.807) is 6.07 Å². The molecule has 2 unspecified atom stereocenters. The van der Waals surface area contributed by atoms with Crippen LogP contribution < -0.4 is 10.6 Å². The molecule has 0 saturated heterocycles. The molecule has 4 nitrogen and oxygen atoms in total. The van der Waals surface area contributed by atoms with Gasteiger partial charge in [-0.3, -0.25) is 0 Å². The predicted octanol–water partition coefficient (Wildman–Crippen LogP) is 2.15. The molecule has 1 aromatic carbocycles. The second-order valence-corrected chi connectivity index (χ2v) is 5.08. The highest BCUT2D eigenvalue weighted by Crippen LogP contribution is 2.39. The number of nitrogen functional groups attached to an aromatic ring is 1. The molecule has 0 aromatic heterocycles. The predicted molar refractivity (Wildman–Crippen MR) is 72.7 cm³/mol. The Balaban J connectivity index is 2.19. The van der Waals surface area contributed by atoms with Crippen LogP contribution in [0.15, 0.2) is 18.2 Å². The molecule has 0 spiro atoms. The fourth-order valence-electron chi connectivity index (χ4n) is 2.28. The van der Waals surface area contributed by atoms with Gasteiger partial charge in [-0.15, -0.1) is 0 Å². The third-order valence-corrected chi connectivity index (χ3v) is 3.68. The van der Waals surface area contributed by atoms with Crippen molar-refractivity contribution in [3.05, 3.63) is 23.8 Å². The first-order valence-corrected chi connectivity index (χ1v) is 6.22. The lowest BCUT2D eigenvalue weighted by Crippen LogP contribution is -2.22. The lowest BCUT2D eigenvalue weighted by molar-refractivity contribution is 0.0602. The van der Waals surface area contributed by atoms with Gasteiger partial charge in [0.1, 0.15) is 0 Å². The van der Waals surface area contributed by atoms with Gasteiger partial charge in [-0.25, -0.2) is 4.79 Å². The van der Waals surface area contributed by atoms with Crippen molar-refractivity contribution in [2.24, 2.45) is 11.8 Å². The minimum absolute atomic E-state index is 0.387. The topological polar surface area (TPSA) is 55.6 Å². The highest BCUT2D eigenvalue weighted by atomic mass is 16.5. The zero-order valence-electron chi connectivity index (χ0n) is 11.1. The smallest absolute Gasteiger partial charge is 0.340 e. The Morgan fingerprint density at radius 1 is 1.56 bits per heavy atom. The number of ether oxygens (including phenoxy) is 1. The van der Waals surface area contributed by atoms with Crippen LogP contribution >= 0.6 is 0 Å². The van der Waals surface area contributed by atoms with Crippen molar-refractivity contribution < 1.29 is 9.53 Å². The maximum Gasteiger partial charge on any atom is 0.340 e. The molecule has 2 N–H and O–H groups in total. The first-order valence-electron chi connectivity index (χ1n) is 6.22. The van der Waals surface area contributed by atoms with E-state index in [1.807, 2.05) is 19.2 Å². The molecule has 0 heterocycles. The quantitative estimate of drug-likeness (QED) is 0.655. The molecule has 2 atom stereocenters. The van der Waals surface area contributed by atoms with E-state index in [2.05, 4.69) is 11.8 Å². The number of benzene rings is 1. The summed E-state index contributed by atoms with van der Waals surface area (Å²) in [6, 6.07) is 5.47. The van der Waals surface area contributed by atoms with Crippen molar-refractivity contribution in [3.63, 3.8) is 0 Å². The van der Waals surface area contributed by atoms with E-state index in [4.69, 9.17) is 10.5 Å². The van der Waals surface area contributed by atoms with Gasteiger partial charge in [0.25, 0.3) is 0 Å². The van der Waals surface area contributed by atoms with Crippen LogP contribution in [0.3, 0.4) is 0 Å². The number of nitrogens with zero attached hydrogens (tertiary/aromatic N) is 1. The molecule has 0 amide bonds. The van der Waals surface area contributed by atoms with Gasteiger partial charge in [-0.05, 0) is 30.4 Å². The maximum absolute atomic E-state index is 11.6. The SMILES string of the molecule is COC(=O)c1cccc(N(C)CC2CC2C)c1N. The normalized spacial score (nSPS) is 21.5. The van der Waals surface area contributed by atoms with Gasteiger partial charge in [-0.1, -0.05) is 13.0 Å². The van der Waals surface area contributed by atoms with Gasteiger partial charge >= 0.3 is 5.97 Å². The molecule has 0 radical (unpaired) electrons. The van der Waals surface area contributed by atoms with Gasteiger partial charge < -0.3 is 15.4 Å². The van der Waals surface area contributed by atoms with Crippen LogP contribution in [-0.2, 0) is 4.74 Å². The van der Waals surface area contributed by atoms with Crippen LogP contribution in [0, 0.1) is 11.8 Å². The minimum Gasteiger partial charge on any atom is -0.465 e. The fraction of sp³-hybridized carbons (Fsp3) is 0.500. The average Bonchev–Trinajstić information content (AvgIpc) is 3.04. The van der Waals surface area contributed by atoms with Crippen molar-refractivity contribution in [2.45, 2.75) is 13.3 Å². The summed E-state index contributed by atoms with van der Waals surface area (Å²) in [6.45, 7) is 3.24. The van der Waals surface area contributed by atoms with Gasteiger partial charge in [0, 0.05) is 13.6 Å². The number of hydrogen-bond acceptors (Lipinski definition) is 4. The van der Waals surface area contributed by atoms with Crippen LogP contribution in [0.4, 0.5) is 11.4 Å². The third-order valence-electron chi connectivity index (χ3n) is 3.68. The van der Waals surface area contributed by atoms with E-state index in [9.17, 15) is 4.79 Å². The molecular weight excluding hydrogens is 228 g/mol. The maximum atomic E-state index is 11.6. The zero-order chi connectivity index (χ0) is 13.3. The lowest BCUT2D eigenvalue weighted by atomic mass is 10.1. The highest BCUT2D eigenvalue weighted by molar-refractivity contribution is 5.98. The molecule has 1 aliphatic carbocycles. The van der Waals surface area contributed by atoms with Crippen LogP contribution in [0.1, 0.15) is 23.7 Å². The van der Waals surface area contributed by atoms with Gasteiger partial charge in [-0.2, -0.15) is 0 Å². The van der Waals surface area contributed by atoms with E-state index in [-0.39, 0.29) is 5.97 Å². The zero-order valence-corrected chi connectivity index (χ0v) is 11.1. The molecule has 1 fully saturated rings. The van der Waals surface area contributed by atoms with Crippen LogP contribution in [-0.4, -0.2) is 26.7 Å². The Hall–Kier alpha value is -1.71. The van der Waals surface area contributed by atoms with E-state index >= 15 is 0 Å². The number of carbonyl (C=O) groups is 1.